The van der Waals surface area contributed by atoms with Gasteiger partial charge in [0.1, 0.15) is 6.61 Å². The van der Waals surface area contributed by atoms with Crippen molar-refractivity contribution >= 4 is 19.8 Å². The van der Waals surface area contributed by atoms with Gasteiger partial charge in [-0.1, -0.05) is 163 Å². The van der Waals surface area contributed by atoms with Gasteiger partial charge in [-0.3, -0.25) is 14.1 Å². The Kier molecular flexibility index (Phi) is 37.9. The lowest BCUT2D eigenvalue weighted by molar-refractivity contribution is -0.161. The number of unbranched alkanes of at least 4 members (excludes halogenated alkanes) is 13. The Morgan fingerprint density at radius 3 is 1.41 bits per heavy atom. The van der Waals surface area contributed by atoms with Crippen molar-refractivity contribution in [1.29, 1.82) is 0 Å². The molecule has 9 heteroatoms. The lowest BCUT2D eigenvalue weighted by Gasteiger charge is -2.18. The SMILES string of the molecule is CC/C=C/C/C=C/C/C=C/C/C=C/C/C=C/C/C=C/CCC(=O)OC[C@H](COP(=O)(O)O)OC(=O)CCCCCCCCCCC/C=C/CCCCCC. The first-order chi connectivity index (χ1) is 26.3. The van der Waals surface area contributed by atoms with Crippen LogP contribution in [0.4, 0.5) is 0 Å². The third-order valence-electron chi connectivity index (χ3n) is 8.41. The molecule has 0 unspecified atom stereocenters. The Labute approximate surface area is 329 Å². The van der Waals surface area contributed by atoms with Crippen LogP contribution in [0.25, 0.3) is 0 Å². The number of phosphoric ester groups is 1. The molecule has 0 aliphatic heterocycles. The molecule has 308 valence electrons. The molecule has 2 N–H and O–H groups in total. The minimum Gasteiger partial charge on any atom is -0.462 e. The molecule has 0 aliphatic rings. The van der Waals surface area contributed by atoms with Crippen LogP contribution < -0.4 is 0 Å². The number of esters is 2. The van der Waals surface area contributed by atoms with Crippen molar-refractivity contribution in [3.8, 4) is 0 Å². The minimum atomic E-state index is -4.78. The maximum absolute atomic E-state index is 12.4. The number of hydrogen-bond acceptors (Lipinski definition) is 6. The minimum absolute atomic E-state index is 0.138. The van der Waals surface area contributed by atoms with E-state index >= 15 is 0 Å². The van der Waals surface area contributed by atoms with Gasteiger partial charge in [-0.15, -0.1) is 0 Å². The number of ether oxygens (including phenoxy) is 2. The second-order valence-electron chi connectivity index (χ2n) is 13.6. The van der Waals surface area contributed by atoms with E-state index in [1.807, 2.05) is 12.2 Å². The monoisotopic (exact) mass is 775 g/mol. The predicted molar refractivity (Wildman–Crippen MR) is 225 cm³/mol. The number of hydrogen-bond donors (Lipinski definition) is 2. The van der Waals surface area contributed by atoms with Gasteiger partial charge in [-0.25, -0.2) is 4.57 Å². The van der Waals surface area contributed by atoms with Crippen molar-refractivity contribution in [2.45, 2.75) is 174 Å². The Morgan fingerprint density at radius 1 is 0.500 bits per heavy atom. The highest BCUT2D eigenvalue weighted by Gasteiger charge is 2.22. The normalized spacial score (nSPS) is 13.3. The van der Waals surface area contributed by atoms with Crippen molar-refractivity contribution in [3.05, 3.63) is 85.1 Å². The lowest BCUT2D eigenvalue weighted by Crippen LogP contribution is -2.29. The number of rotatable bonds is 37. The number of allylic oxidation sites excluding steroid dienone is 14. The van der Waals surface area contributed by atoms with Crippen LogP contribution in [0.2, 0.25) is 0 Å². The van der Waals surface area contributed by atoms with Gasteiger partial charge in [0.25, 0.3) is 0 Å². The highest BCUT2D eigenvalue weighted by molar-refractivity contribution is 7.46. The van der Waals surface area contributed by atoms with Crippen LogP contribution in [0.5, 0.6) is 0 Å². The first-order valence-corrected chi connectivity index (χ1v) is 22.4. The van der Waals surface area contributed by atoms with Gasteiger partial charge in [0, 0.05) is 12.8 Å². The molecule has 0 rings (SSSR count). The summed E-state index contributed by atoms with van der Waals surface area (Å²) >= 11 is 0. The second kappa shape index (κ2) is 39.9. The average Bonchev–Trinajstić information content (AvgIpc) is 3.14. The molecule has 0 aromatic heterocycles. The van der Waals surface area contributed by atoms with Crippen molar-refractivity contribution < 1.29 is 37.9 Å². The van der Waals surface area contributed by atoms with Gasteiger partial charge in [-0.2, -0.15) is 0 Å². The smallest absolute Gasteiger partial charge is 0.462 e. The second-order valence-corrected chi connectivity index (χ2v) is 14.8. The summed E-state index contributed by atoms with van der Waals surface area (Å²) < 4.78 is 26.3. The van der Waals surface area contributed by atoms with E-state index < -0.39 is 32.5 Å². The molecule has 0 radical (unpaired) electrons. The summed E-state index contributed by atoms with van der Waals surface area (Å²) in [6, 6.07) is 0. The quantitative estimate of drug-likeness (QED) is 0.0277. The molecule has 54 heavy (non-hydrogen) atoms. The molecule has 1 atom stereocenters. The topological polar surface area (TPSA) is 119 Å². The van der Waals surface area contributed by atoms with Crippen molar-refractivity contribution in [2.24, 2.45) is 0 Å². The number of carbonyl (C=O) groups is 2. The molecule has 0 saturated heterocycles. The van der Waals surface area contributed by atoms with Gasteiger partial charge in [-0.05, 0) is 77.0 Å². The van der Waals surface area contributed by atoms with Gasteiger partial charge in [0.15, 0.2) is 6.10 Å². The Bertz CT molecular complexity index is 1140. The third-order valence-corrected chi connectivity index (χ3v) is 8.90. The van der Waals surface area contributed by atoms with Crippen LogP contribution >= 0.6 is 7.82 Å². The maximum Gasteiger partial charge on any atom is 0.469 e. The molecule has 0 bridgehead atoms. The molecule has 0 saturated carbocycles. The van der Waals surface area contributed by atoms with Gasteiger partial charge in [0.05, 0.1) is 6.61 Å². The van der Waals surface area contributed by atoms with Crippen LogP contribution in [0, 0.1) is 0 Å². The largest absolute Gasteiger partial charge is 0.469 e. The van der Waals surface area contributed by atoms with E-state index in [1.54, 1.807) is 0 Å². The molecule has 0 aliphatic carbocycles. The summed E-state index contributed by atoms with van der Waals surface area (Å²) in [4.78, 5) is 42.8. The van der Waals surface area contributed by atoms with E-state index in [2.05, 4.69) is 91.3 Å². The van der Waals surface area contributed by atoms with E-state index in [0.29, 0.717) is 12.8 Å². The maximum atomic E-state index is 12.4. The summed E-state index contributed by atoms with van der Waals surface area (Å²) in [6.45, 7) is 3.49. The zero-order valence-corrected chi connectivity index (χ0v) is 34.7. The van der Waals surface area contributed by atoms with E-state index in [1.165, 1.54) is 70.6 Å². The molecule has 0 amide bonds. The fourth-order valence-corrected chi connectivity index (χ4v) is 5.69. The predicted octanol–water partition coefficient (Wildman–Crippen LogP) is 12.8. The lowest BCUT2D eigenvalue weighted by atomic mass is 10.1. The van der Waals surface area contributed by atoms with E-state index in [9.17, 15) is 14.2 Å². The zero-order valence-electron chi connectivity index (χ0n) is 33.8. The van der Waals surface area contributed by atoms with Gasteiger partial charge >= 0.3 is 19.8 Å². The third kappa shape index (κ3) is 42.0. The molecular weight excluding hydrogens is 699 g/mol. The Hall–Kier alpha value is -2.77. The van der Waals surface area contributed by atoms with Crippen LogP contribution in [0.3, 0.4) is 0 Å². The summed E-state index contributed by atoms with van der Waals surface area (Å²) in [5.41, 5.74) is 0. The first-order valence-electron chi connectivity index (χ1n) is 20.9. The van der Waals surface area contributed by atoms with Crippen molar-refractivity contribution in [2.75, 3.05) is 13.2 Å². The molecule has 0 spiro atoms. The highest BCUT2D eigenvalue weighted by atomic mass is 31.2. The number of phosphoric acid groups is 1. The summed E-state index contributed by atoms with van der Waals surface area (Å²) in [6.07, 6.45) is 53.1. The van der Waals surface area contributed by atoms with Crippen molar-refractivity contribution in [1.82, 2.24) is 0 Å². The summed E-state index contributed by atoms with van der Waals surface area (Å²) in [7, 11) is -4.78. The summed E-state index contributed by atoms with van der Waals surface area (Å²) in [5.74, 6) is -0.991. The van der Waals surface area contributed by atoms with Crippen LogP contribution in [-0.4, -0.2) is 41.0 Å². The number of carbonyl (C=O) groups excluding carboxylic acids is 2. The molecule has 8 nitrogen and oxygen atoms in total. The van der Waals surface area contributed by atoms with Gasteiger partial charge < -0.3 is 19.3 Å². The van der Waals surface area contributed by atoms with Crippen molar-refractivity contribution in [3.63, 3.8) is 0 Å². The van der Waals surface area contributed by atoms with Gasteiger partial charge in [0.2, 0.25) is 0 Å². The fourth-order valence-electron chi connectivity index (χ4n) is 5.33. The van der Waals surface area contributed by atoms with Crippen LogP contribution in [-0.2, 0) is 28.2 Å². The van der Waals surface area contributed by atoms with E-state index in [4.69, 9.17) is 19.3 Å². The molecule has 0 aromatic carbocycles. The average molecular weight is 775 g/mol. The molecule has 0 fully saturated rings. The van der Waals surface area contributed by atoms with E-state index in [0.717, 1.165) is 57.8 Å². The Morgan fingerprint density at radius 2 is 0.926 bits per heavy atom. The molecular formula is C45H75O8P. The highest BCUT2D eigenvalue weighted by Crippen LogP contribution is 2.36. The standard InChI is InChI=1S/C45H75O8P/c1-3-5-7-9-11-13-15-17-19-21-22-24-25-27-29-31-33-35-37-39-44(46)51-41-43(42-52-54(48,49)50)53-45(47)40-38-36-34-32-30-28-26-23-20-18-16-14-12-10-8-6-4-2/h5,7,11,13-14,16-17,19,22,24,27,29,33,35,43H,3-4,6,8-10,12,15,18,20-21,23,25-26,28,30-32,34,36-42H2,1-2H3,(H2,48,49,50)/b7-5+,13-11+,16-14+,19-17+,24-22+,29-27+,35-33+/t43-/m1/s1. The van der Waals surface area contributed by atoms with E-state index in [-0.39, 0.29) is 19.4 Å². The van der Waals surface area contributed by atoms with Crippen LogP contribution in [0.15, 0.2) is 85.1 Å². The first kappa shape index (κ1) is 51.2. The zero-order chi connectivity index (χ0) is 39.6. The fraction of sp³-hybridized carbons (Fsp3) is 0.644. The van der Waals surface area contributed by atoms with Crippen LogP contribution in [0.1, 0.15) is 168 Å². The molecule has 0 heterocycles. The molecule has 0 aromatic rings. The Balaban J connectivity index is 4.06. The summed E-state index contributed by atoms with van der Waals surface area (Å²) in [5, 5.41) is 0.